The minimum absolute atomic E-state index is 0.128. The van der Waals surface area contributed by atoms with Crippen LogP contribution in [0.1, 0.15) is 24.0 Å². The summed E-state index contributed by atoms with van der Waals surface area (Å²) in [5, 5.41) is 2.68. The Bertz CT molecular complexity index is 909. The quantitative estimate of drug-likeness (QED) is 0.596. The molecule has 1 saturated heterocycles. The van der Waals surface area contributed by atoms with Crippen LogP contribution in [0.4, 0.5) is 4.79 Å². The molecule has 0 bridgehead atoms. The fourth-order valence-electron chi connectivity index (χ4n) is 3.34. The van der Waals surface area contributed by atoms with Crippen molar-refractivity contribution >= 4 is 33.8 Å². The maximum absolute atomic E-state index is 12.8. The van der Waals surface area contributed by atoms with E-state index in [0.29, 0.717) is 24.0 Å². The molecule has 2 heterocycles. The third kappa shape index (κ3) is 5.56. The van der Waals surface area contributed by atoms with Crippen molar-refractivity contribution in [3.8, 4) is 0 Å². The summed E-state index contributed by atoms with van der Waals surface area (Å²) >= 11 is 3.33. The zero-order valence-corrected chi connectivity index (χ0v) is 17.9. The summed E-state index contributed by atoms with van der Waals surface area (Å²) in [6.45, 7) is 0.546. The predicted octanol–water partition coefficient (Wildman–Crippen LogP) is 2.16. The summed E-state index contributed by atoms with van der Waals surface area (Å²) in [4.78, 5) is 42.8. The van der Waals surface area contributed by atoms with Crippen molar-refractivity contribution in [3.05, 3.63) is 64.4 Å². The number of benzene rings is 1. The molecule has 9 heteroatoms. The minimum Gasteiger partial charge on any atom is -0.445 e. The molecule has 1 aliphatic rings. The normalized spacial score (nSPS) is 16.7. The van der Waals surface area contributed by atoms with Crippen LogP contribution in [0.5, 0.6) is 0 Å². The van der Waals surface area contributed by atoms with Gasteiger partial charge in [0, 0.05) is 19.2 Å². The standard InChI is InChI=1S/C21H23BrN4O4/c22-18-15(8-4-10-24-18)12-16(19(23)27)25-20(28)17-9-5-11-26(17)21(29)30-13-14-6-2-1-3-7-14/h1-4,6-8,10,16-17H,5,9,11-13H2,(H2,23,27)(H,25,28)/t16-,17-/m1/s1. The van der Waals surface area contributed by atoms with Crippen LogP contribution >= 0.6 is 15.9 Å². The van der Waals surface area contributed by atoms with Crippen molar-refractivity contribution in [3.63, 3.8) is 0 Å². The number of aromatic nitrogens is 1. The lowest BCUT2D eigenvalue weighted by atomic mass is 10.1. The van der Waals surface area contributed by atoms with E-state index in [1.807, 2.05) is 30.3 Å². The molecule has 1 aromatic carbocycles. The zero-order chi connectivity index (χ0) is 21.5. The van der Waals surface area contributed by atoms with Crippen LogP contribution in [0, 0.1) is 0 Å². The van der Waals surface area contributed by atoms with Crippen LogP contribution in [0.2, 0.25) is 0 Å². The van der Waals surface area contributed by atoms with E-state index < -0.39 is 30.0 Å². The number of hydrogen-bond donors (Lipinski definition) is 2. The summed E-state index contributed by atoms with van der Waals surface area (Å²) in [5.41, 5.74) is 7.10. The van der Waals surface area contributed by atoms with Gasteiger partial charge in [0.15, 0.2) is 0 Å². The fraction of sp³-hybridized carbons (Fsp3) is 0.333. The lowest BCUT2D eigenvalue weighted by molar-refractivity contribution is -0.130. The predicted molar refractivity (Wildman–Crippen MR) is 113 cm³/mol. The number of halogens is 1. The van der Waals surface area contributed by atoms with E-state index in [-0.39, 0.29) is 13.0 Å². The third-order valence-corrected chi connectivity index (χ3v) is 5.63. The average Bonchev–Trinajstić information content (AvgIpc) is 3.24. The van der Waals surface area contributed by atoms with Crippen molar-refractivity contribution in [2.24, 2.45) is 5.73 Å². The van der Waals surface area contributed by atoms with Gasteiger partial charge in [0.2, 0.25) is 11.8 Å². The van der Waals surface area contributed by atoms with E-state index >= 15 is 0 Å². The SMILES string of the molecule is NC(=O)[C@@H](Cc1cccnc1Br)NC(=O)[C@H]1CCCN1C(=O)OCc1ccccc1. The molecule has 0 unspecified atom stereocenters. The highest BCUT2D eigenvalue weighted by atomic mass is 79.9. The van der Waals surface area contributed by atoms with E-state index in [9.17, 15) is 14.4 Å². The maximum atomic E-state index is 12.8. The maximum Gasteiger partial charge on any atom is 0.410 e. The summed E-state index contributed by atoms with van der Waals surface area (Å²) < 4.78 is 5.94. The second-order valence-corrected chi connectivity index (χ2v) is 7.76. The van der Waals surface area contributed by atoms with Gasteiger partial charge in [-0.05, 0) is 46.0 Å². The molecular weight excluding hydrogens is 452 g/mol. The van der Waals surface area contributed by atoms with Crippen LogP contribution in [0.25, 0.3) is 0 Å². The highest BCUT2D eigenvalue weighted by molar-refractivity contribution is 9.10. The number of likely N-dealkylation sites (tertiary alicyclic amines) is 1. The van der Waals surface area contributed by atoms with Crippen molar-refractivity contribution in [1.82, 2.24) is 15.2 Å². The smallest absolute Gasteiger partial charge is 0.410 e. The molecule has 1 aromatic heterocycles. The van der Waals surface area contributed by atoms with Crippen LogP contribution in [0.3, 0.4) is 0 Å². The number of amides is 3. The molecule has 2 aromatic rings. The Kier molecular flexibility index (Phi) is 7.40. The molecule has 3 rings (SSSR count). The number of carbonyl (C=O) groups is 3. The monoisotopic (exact) mass is 474 g/mol. The molecule has 3 N–H and O–H groups in total. The number of nitrogens with two attached hydrogens (primary N) is 1. The third-order valence-electron chi connectivity index (χ3n) is 4.92. The summed E-state index contributed by atoms with van der Waals surface area (Å²) in [6, 6.07) is 11.2. The molecular formula is C21H23BrN4O4. The van der Waals surface area contributed by atoms with E-state index in [1.165, 1.54) is 4.90 Å². The number of ether oxygens (including phenoxy) is 1. The molecule has 0 saturated carbocycles. The van der Waals surface area contributed by atoms with E-state index in [4.69, 9.17) is 10.5 Å². The van der Waals surface area contributed by atoms with E-state index in [1.54, 1.807) is 18.3 Å². The molecule has 0 spiro atoms. The van der Waals surface area contributed by atoms with Gasteiger partial charge in [-0.1, -0.05) is 36.4 Å². The Morgan fingerprint density at radius 1 is 1.23 bits per heavy atom. The van der Waals surface area contributed by atoms with E-state index in [0.717, 1.165) is 11.1 Å². The molecule has 3 amide bonds. The Morgan fingerprint density at radius 2 is 2.00 bits per heavy atom. The minimum atomic E-state index is -0.916. The molecule has 2 atom stereocenters. The molecule has 1 aliphatic heterocycles. The lowest BCUT2D eigenvalue weighted by Gasteiger charge is -2.25. The van der Waals surface area contributed by atoms with Crippen LogP contribution in [-0.4, -0.2) is 46.4 Å². The summed E-state index contributed by atoms with van der Waals surface area (Å²) in [6.07, 6.45) is 2.42. The van der Waals surface area contributed by atoms with Gasteiger partial charge in [-0.25, -0.2) is 9.78 Å². The second kappa shape index (κ2) is 10.2. The van der Waals surface area contributed by atoms with Gasteiger partial charge >= 0.3 is 6.09 Å². The molecule has 0 radical (unpaired) electrons. The summed E-state index contributed by atoms with van der Waals surface area (Å²) in [7, 11) is 0. The van der Waals surface area contributed by atoms with Gasteiger partial charge < -0.3 is 15.8 Å². The van der Waals surface area contributed by atoms with Gasteiger partial charge in [-0.2, -0.15) is 0 Å². The highest BCUT2D eigenvalue weighted by Gasteiger charge is 2.36. The highest BCUT2D eigenvalue weighted by Crippen LogP contribution is 2.20. The van der Waals surface area contributed by atoms with Gasteiger partial charge in [-0.15, -0.1) is 0 Å². The number of primary amides is 1. The number of hydrogen-bond acceptors (Lipinski definition) is 5. The molecule has 1 fully saturated rings. The van der Waals surface area contributed by atoms with Crippen LogP contribution in [0.15, 0.2) is 53.3 Å². The number of nitrogens with zero attached hydrogens (tertiary/aromatic N) is 2. The topological polar surface area (TPSA) is 115 Å². The first-order valence-electron chi connectivity index (χ1n) is 9.62. The first-order chi connectivity index (χ1) is 14.5. The Labute approximate surface area is 182 Å². The van der Waals surface area contributed by atoms with Crippen LogP contribution in [-0.2, 0) is 27.4 Å². The number of pyridine rings is 1. The van der Waals surface area contributed by atoms with Gasteiger partial charge in [0.1, 0.15) is 23.3 Å². The van der Waals surface area contributed by atoms with E-state index in [2.05, 4.69) is 26.2 Å². The Hall–Kier alpha value is -2.94. The molecule has 8 nitrogen and oxygen atoms in total. The van der Waals surface area contributed by atoms with Crippen molar-refractivity contribution in [2.45, 2.75) is 38.0 Å². The van der Waals surface area contributed by atoms with Gasteiger partial charge in [0.05, 0.1) is 0 Å². The molecule has 0 aliphatic carbocycles. The zero-order valence-electron chi connectivity index (χ0n) is 16.3. The molecule has 158 valence electrons. The Morgan fingerprint density at radius 3 is 2.70 bits per heavy atom. The molecule has 30 heavy (non-hydrogen) atoms. The average molecular weight is 475 g/mol. The van der Waals surface area contributed by atoms with Crippen molar-refractivity contribution in [2.75, 3.05) is 6.54 Å². The van der Waals surface area contributed by atoms with Gasteiger partial charge in [0.25, 0.3) is 0 Å². The lowest BCUT2D eigenvalue weighted by Crippen LogP contribution is -2.53. The largest absolute Gasteiger partial charge is 0.445 e. The first kappa shape index (κ1) is 21.8. The number of rotatable bonds is 7. The fourth-order valence-corrected chi connectivity index (χ4v) is 3.75. The van der Waals surface area contributed by atoms with Crippen LogP contribution < -0.4 is 11.1 Å². The first-order valence-corrected chi connectivity index (χ1v) is 10.4. The van der Waals surface area contributed by atoms with Crippen molar-refractivity contribution in [1.29, 1.82) is 0 Å². The summed E-state index contributed by atoms with van der Waals surface area (Å²) in [5.74, 6) is -1.08. The number of carbonyl (C=O) groups excluding carboxylic acids is 3. The number of nitrogens with one attached hydrogen (secondary N) is 1. The Balaban J connectivity index is 1.61. The van der Waals surface area contributed by atoms with Crippen molar-refractivity contribution < 1.29 is 19.1 Å². The second-order valence-electron chi connectivity index (χ2n) is 7.01. The van der Waals surface area contributed by atoms with Gasteiger partial charge in [-0.3, -0.25) is 14.5 Å².